The van der Waals surface area contributed by atoms with E-state index in [-0.39, 0.29) is 5.78 Å². The molecule has 4 rings (SSSR count). The minimum absolute atomic E-state index is 0.0598. The van der Waals surface area contributed by atoms with Crippen molar-refractivity contribution in [2.45, 2.75) is 29.9 Å². The minimum Gasteiger partial charge on any atom is -0.497 e. The highest BCUT2D eigenvalue weighted by molar-refractivity contribution is 7.99. The SMILES string of the molecule is COc1ccc(OC)c(Sc2nc3c([nH]2)c(N)nc[n+]3CCc2ccc(C(C)=O)cc2)c1. The molecule has 0 fully saturated rings. The molecule has 0 bridgehead atoms. The van der Waals surface area contributed by atoms with E-state index in [4.69, 9.17) is 20.2 Å². The fourth-order valence-electron chi connectivity index (χ4n) is 3.32. The Bertz CT molecular complexity index is 1270. The van der Waals surface area contributed by atoms with Crippen LogP contribution < -0.4 is 19.8 Å². The van der Waals surface area contributed by atoms with Crippen LogP contribution in [0.3, 0.4) is 0 Å². The number of imidazole rings is 1. The van der Waals surface area contributed by atoms with Crippen molar-refractivity contribution in [2.75, 3.05) is 20.0 Å². The summed E-state index contributed by atoms with van der Waals surface area (Å²) in [5.41, 5.74) is 9.34. The van der Waals surface area contributed by atoms with Crippen LogP contribution in [0.5, 0.6) is 11.5 Å². The molecule has 2 aromatic heterocycles. The highest BCUT2D eigenvalue weighted by atomic mass is 32.2. The van der Waals surface area contributed by atoms with Gasteiger partial charge in [0.1, 0.15) is 11.5 Å². The quantitative estimate of drug-likeness (QED) is 0.313. The summed E-state index contributed by atoms with van der Waals surface area (Å²) in [5.74, 6) is 1.91. The van der Waals surface area contributed by atoms with Crippen LogP contribution in [0.2, 0.25) is 0 Å². The number of H-pyrrole nitrogens is 1. The molecule has 9 heteroatoms. The van der Waals surface area contributed by atoms with Gasteiger partial charge in [0, 0.05) is 12.0 Å². The number of nitrogen functional groups attached to an aromatic ring is 1. The maximum atomic E-state index is 11.5. The minimum atomic E-state index is 0.0598. The molecule has 3 N–H and O–H groups in total. The Morgan fingerprint density at radius 2 is 1.94 bits per heavy atom. The van der Waals surface area contributed by atoms with Gasteiger partial charge in [0.25, 0.3) is 5.65 Å². The number of ketones is 1. The number of carbonyl (C=O) groups is 1. The van der Waals surface area contributed by atoms with Gasteiger partial charge in [0.2, 0.25) is 17.3 Å². The number of fused-ring (bicyclic) bond motifs is 1. The molecule has 0 aliphatic heterocycles. The highest BCUT2D eigenvalue weighted by Gasteiger charge is 2.20. The number of nitrogens with zero attached hydrogens (tertiary/aromatic N) is 3. The zero-order chi connectivity index (χ0) is 22.7. The van der Waals surface area contributed by atoms with Gasteiger partial charge in [-0.1, -0.05) is 34.2 Å². The van der Waals surface area contributed by atoms with Gasteiger partial charge in [-0.15, -0.1) is 0 Å². The zero-order valence-electron chi connectivity index (χ0n) is 18.1. The predicted molar refractivity (Wildman–Crippen MR) is 122 cm³/mol. The van der Waals surface area contributed by atoms with Gasteiger partial charge in [-0.25, -0.2) is 4.57 Å². The summed E-state index contributed by atoms with van der Waals surface area (Å²) in [5, 5.41) is 0.672. The van der Waals surface area contributed by atoms with E-state index in [1.54, 1.807) is 27.5 Å². The number of methoxy groups -OCH3 is 2. The first-order chi connectivity index (χ1) is 15.5. The van der Waals surface area contributed by atoms with Crippen LogP contribution in [-0.2, 0) is 13.0 Å². The lowest BCUT2D eigenvalue weighted by molar-refractivity contribution is -0.675. The maximum Gasteiger partial charge on any atom is 0.294 e. The standard InChI is InChI=1S/C23H23N5O3S/c1-14(29)16-6-4-15(5-7-16)10-11-28-13-25-21(24)20-22(28)27-23(26-20)32-19-12-17(30-2)8-9-18(19)31-3/h4-9,12-13H,10-11H2,1-3H3,(H2,24,26,27)/p+1. The number of nitrogens with one attached hydrogen (secondary N) is 1. The van der Waals surface area contributed by atoms with Gasteiger partial charge < -0.3 is 20.2 Å². The number of aromatic amines is 1. The topological polar surface area (TPSA) is 107 Å². The van der Waals surface area contributed by atoms with Crippen LogP contribution in [0, 0.1) is 0 Å². The first-order valence-corrected chi connectivity index (χ1v) is 10.8. The van der Waals surface area contributed by atoms with Crippen molar-refractivity contribution < 1.29 is 18.8 Å². The molecule has 0 saturated carbocycles. The third-order valence-electron chi connectivity index (χ3n) is 5.11. The number of hydrogen-bond donors (Lipinski definition) is 2. The lowest BCUT2D eigenvalue weighted by Crippen LogP contribution is -2.36. The van der Waals surface area contributed by atoms with Gasteiger partial charge in [0.05, 0.1) is 25.7 Å². The summed E-state index contributed by atoms with van der Waals surface area (Å²) in [6, 6.07) is 13.3. The number of hydrogen-bond acceptors (Lipinski definition) is 7. The Kier molecular flexibility index (Phi) is 6.27. The molecule has 164 valence electrons. The molecule has 2 heterocycles. The van der Waals surface area contributed by atoms with Crippen molar-refractivity contribution in [3.8, 4) is 11.5 Å². The number of Topliss-reactive ketones (excluding diaryl/α,β-unsaturated/α-hetero) is 1. The molecule has 0 radical (unpaired) electrons. The molecule has 0 aliphatic carbocycles. The summed E-state index contributed by atoms with van der Waals surface area (Å²) in [4.78, 5) is 24.7. The van der Waals surface area contributed by atoms with Gasteiger partial charge in [-0.2, -0.15) is 0 Å². The number of anilines is 1. The second-order valence-electron chi connectivity index (χ2n) is 7.19. The molecule has 0 amide bonds. The lowest BCUT2D eigenvalue weighted by atomic mass is 10.1. The number of aryl methyl sites for hydroxylation is 2. The van der Waals surface area contributed by atoms with E-state index in [0.717, 1.165) is 34.0 Å². The van der Waals surface area contributed by atoms with Crippen LogP contribution >= 0.6 is 11.8 Å². The van der Waals surface area contributed by atoms with E-state index in [2.05, 4.69) is 9.97 Å². The van der Waals surface area contributed by atoms with E-state index in [1.165, 1.54) is 11.8 Å². The van der Waals surface area contributed by atoms with Crippen LogP contribution in [0.4, 0.5) is 5.82 Å². The molecule has 32 heavy (non-hydrogen) atoms. The number of ether oxygens (including phenoxy) is 2. The van der Waals surface area contributed by atoms with Crippen molar-refractivity contribution in [3.63, 3.8) is 0 Å². The Balaban J connectivity index is 1.59. The molecule has 0 atom stereocenters. The van der Waals surface area contributed by atoms with E-state index in [1.807, 2.05) is 47.0 Å². The van der Waals surface area contributed by atoms with E-state index >= 15 is 0 Å². The monoisotopic (exact) mass is 450 g/mol. The fraction of sp³-hybridized carbons (Fsp3) is 0.217. The molecular weight excluding hydrogens is 426 g/mol. The predicted octanol–water partition coefficient (Wildman–Crippen LogP) is 3.44. The molecule has 0 saturated heterocycles. The van der Waals surface area contributed by atoms with Crippen molar-refractivity contribution in [1.29, 1.82) is 0 Å². The second-order valence-corrected chi connectivity index (χ2v) is 8.22. The summed E-state index contributed by atoms with van der Waals surface area (Å²) in [7, 11) is 3.25. The molecule has 8 nitrogen and oxygen atoms in total. The number of aromatic nitrogens is 4. The van der Waals surface area contributed by atoms with Gasteiger partial charge in [-0.05, 0) is 42.4 Å². The average molecular weight is 451 g/mol. The molecule has 0 spiro atoms. The van der Waals surface area contributed by atoms with Crippen LogP contribution in [-0.4, -0.2) is 35.0 Å². The summed E-state index contributed by atoms with van der Waals surface area (Å²) in [6.45, 7) is 2.23. The molecule has 0 unspecified atom stereocenters. The van der Waals surface area contributed by atoms with Crippen LogP contribution in [0.1, 0.15) is 22.8 Å². The first kappa shape index (κ1) is 21.6. The molecular formula is C23H24N5O3S+. The Labute approximate surface area is 189 Å². The Hall–Kier alpha value is -3.59. The summed E-state index contributed by atoms with van der Waals surface area (Å²) in [6.07, 6.45) is 2.46. The number of benzene rings is 2. The fourth-order valence-corrected chi connectivity index (χ4v) is 4.24. The van der Waals surface area contributed by atoms with Crippen molar-refractivity contribution in [1.82, 2.24) is 15.0 Å². The largest absolute Gasteiger partial charge is 0.497 e. The number of rotatable bonds is 8. The van der Waals surface area contributed by atoms with Crippen molar-refractivity contribution in [2.24, 2.45) is 0 Å². The van der Waals surface area contributed by atoms with Crippen molar-refractivity contribution in [3.05, 3.63) is 59.9 Å². The van der Waals surface area contributed by atoms with Crippen LogP contribution in [0.15, 0.2) is 58.8 Å². The van der Waals surface area contributed by atoms with Gasteiger partial charge >= 0.3 is 0 Å². The summed E-state index contributed by atoms with van der Waals surface area (Å²) < 4.78 is 12.8. The summed E-state index contributed by atoms with van der Waals surface area (Å²) >= 11 is 1.43. The normalized spacial score (nSPS) is 11.0. The maximum absolute atomic E-state index is 11.5. The van der Waals surface area contributed by atoms with Gasteiger partial charge in [0.15, 0.2) is 11.3 Å². The second kappa shape index (κ2) is 9.27. The molecule has 2 aromatic carbocycles. The van der Waals surface area contributed by atoms with E-state index in [9.17, 15) is 4.79 Å². The number of carbonyl (C=O) groups excluding carboxylic acids is 1. The zero-order valence-corrected chi connectivity index (χ0v) is 18.9. The average Bonchev–Trinajstić information content (AvgIpc) is 3.23. The van der Waals surface area contributed by atoms with Gasteiger partial charge in [-0.3, -0.25) is 4.79 Å². The lowest BCUT2D eigenvalue weighted by Gasteiger charge is -2.07. The van der Waals surface area contributed by atoms with E-state index < -0.39 is 0 Å². The molecule has 4 aromatic rings. The third-order valence-corrected chi connectivity index (χ3v) is 6.03. The van der Waals surface area contributed by atoms with Crippen LogP contribution in [0.25, 0.3) is 11.2 Å². The molecule has 0 aliphatic rings. The number of nitrogens with two attached hydrogens (primary N) is 1. The Morgan fingerprint density at radius 3 is 2.62 bits per heavy atom. The smallest absolute Gasteiger partial charge is 0.294 e. The Morgan fingerprint density at radius 1 is 1.16 bits per heavy atom. The van der Waals surface area contributed by atoms with Crippen molar-refractivity contribution >= 4 is 34.5 Å². The highest BCUT2D eigenvalue weighted by Crippen LogP contribution is 2.36. The first-order valence-electron chi connectivity index (χ1n) is 10.0. The third kappa shape index (κ3) is 4.52. The van der Waals surface area contributed by atoms with E-state index in [0.29, 0.717) is 28.6 Å².